The SMILES string of the molecule is CC(C)CC(N)C(=O)NC(C(=O)NC(C(=O)NCC(=O)O)C(C)C)C(C)C. The Morgan fingerprint density at radius 3 is 1.67 bits per heavy atom. The van der Waals surface area contributed by atoms with Gasteiger partial charge in [0.15, 0.2) is 0 Å². The average Bonchev–Trinajstić information content (AvgIpc) is 2.53. The molecule has 0 saturated carbocycles. The summed E-state index contributed by atoms with van der Waals surface area (Å²) in [6, 6.07) is -2.50. The van der Waals surface area contributed by atoms with E-state index in [0.717, 1.165) is 0 Å². The van der Waals surface area contributed by atoms with Crippen molar-refractivity contribution in [2.45, 2.75) is 66.1 Å². The number of carbonyl (C=O) groups is 4. The molecule has 0 bridgehead atoms. The number of amides is 3. The lowest BCUT2D eigenvalue weighted by Crippen LogP contribution is -2.58. The summed E-state index contributed by atoms with van der Waals surface area (Å²) in [5, 5.41) is 16.2. The summed E-state index contributed by atoms with van der Waals surface area (Å²) in [5.41, 5.74) is 5.87. The molecule has 0 heterocycles. The molecule has 3 atom stereocenters. The van der Waals surface area contributed by atoms with Crippen LogP contribution in [0.15, 0.2) is 0 Å². The highest BCUT2D eigenvalue weighted by Crippen LogP contribution is 2.08. The zero-order valence-corrected chi connectivity index (χ0v) is 17.0. The largest absolute Gasteiger partial charge is 0.480 e. The number of hydrogen-bond donors (Lipinski definition) is 5. The molecule has 0 aromatic carbocycles. The molecule has 6 N–H and O–H groups in total. The molecule has 0 radical (unpaired) electrons. The molecule has 156 valence electrons. The van der Waals surface area contributed by atoms with E-state index < -0.39 is 48.4 Å². The van der Waals surface area contributed by atoms with Crippen LogP contribution in [-0.4, -0.2) is 53.5 Å². The first-order chi connectivity index (χ1) is 12.4. The lowest BCUT2D eigenvalue weighted by atomic mass is 9.98. The Morgan fingerprint density at radius 2 is 1.26 bits per heavy atom. The molecule has 0 aliphatic rings. The van der Waals surface area contributed by atoms with Crippen molar-refractivity contribution in [3.8, 4) is 0 Å². The van der Waals surface area contributed by atoms with E-state index in [9.17, 15) is 19.2 Å². The molecular formula is C18H34N4O5. The van der Waals surface area contributed by atoms with Gasteiger partial charge in [-0.1, -0.05) is 41.5 Å². The van der Waals surface area contributed by atoms with Gasteiger partial charge in [0.2, 0.25) is 17.7 Å². The maximum atomic E-state index is 12.7. The maximum Gasteiger partial charge on any atom is 0.322 e. The molecule has 0 spiro atoms. The molecule has 0 aromatic heterocycles. The Morgan fingerprint density at radius 1 is 0.815 bits per heavy atom. The first-order valence-corrected chi connectivity index (χ1v) is 9.22. The Kier molecular flexibility index (Phi) is 10.6. The number of rotatable bonds is 11. The van der Waals surface area contributed by atoms with Crippen LogP contribution < -0.4 is 21.7 Å². The van der Waals surface area contributed by atoms with Crippen molar-refractivity contribution in [2.75, 3.05) is 6.54 Å². The molecule has 0 aromatic rings. The van der Waals surface area contributed by atoms with Crippen molar-refractivity contribution in [3.63, 3.8) is 0 Å². The Bertz CT molecular complexity index is 534. The minimum absolute atomic E-state index is 0.227. The number of carbonyl (C=O) groups excluding carboxylic acids is 3. The van der Waals surface area contributed by atoms with Crippen LogP contribution in [0.5, 0.6) is 0 Å². The molecule has 0 aliphatic carbocycles. The monoisotopic (exact) mass is 386 g/mol. The first kappa shape index (κ1) is 24.8. The highest BCUT2D eigenvalue weighted by atomic mass is 16.4. The Hall–Kier alpha value is -2.16. The van der Waals surface area contributed by atoms with E-state index in [1.54, 1.807) is 27.7 Å². The van der Waals surface area contributed by atoms with Crippen molar-refractivity contribution < 1.29 is 24.3 Å². The predicted octanol–water partition coefficient (Wildman–Crippen LogP) is -0.158. The lowest BCUT2D eigenvalue weighted by Gasteiger charge is -2.27. The zero-order valence-electron chi connectivity index (χ0n) is 17.0. The number of nitrogens with two attached hydrogens (primary N) is 1. The highest BCUT2D eigenvalue weighted by molar-refractivity contribution is 5.93. The van der Waals surface area contributed by atoms with Gasteiger partial charge in [0.1, 0.15) is 18.6 Å². The lowest BCUT2D eigenvalue weighted by molar-refractivity contribution is -0.139. The van der Waals surface area contributed by atoms with Crippen LogP contribution in [0.3, 0.4) is 0 Å². The van der Waals surface area contributed by atoms with E-state index in [1.165, 1.54) is 0 Å². The second-order valence-corrected chi connectivity index (χ2v) is 7.81. The van der Waals surface area contributed by atoms with Crippen molar-refractivity contribution in [2.24, 2.45) is 23.5 Å². The summed E-state index contributed by atoms with van der Waals surface area (Å²) in [5.74, 6) is -2.96. The van der Waals surface area contributed by atoms with Gasteiger partial charge in [-0.2, -0.15) is 0 Å². The van der Waals surface area contributed by atoms with Crippen LogP contribution in [0.2, 0.25) is 0 Å². The third-order valence-corrected chi connectivity index (χ3v) is 3.97. The molecule has 0 saturated heterocycles. The van der Waals surface area contributed by atoms with Gasteiger partial charge < -0.3 is 26.8 Å². The minimum atomic E-state index is -1.18. The van der Waals surface area contributed by atoms with Crippen LogP contribution in [0.25, 0.3) is 0 Å². The number of carboxylic acids is 1. The standard InChI is InChI=1S/C18H34N4O5/c1-9(2)7-12(19)16(25)21-15(11(5)6)18(27)22-14(10(3)4)17(26)20-8-13(23)24/h9-12,14-15H,7-8,19H2,1-6H3,(H,20,26)(H,21,25)(H,22,27)(H,23,24). The topological polar surface area (TPSA) is 151 Å². The average molecular weight is 386 g/mol. The normalized spacial score (nSPS) is 14.6. The van der Waals surface area contributed by atoms with Gasteiger partial charge >= 0.3 is 5.97 Å². The van der Waals surface area contributed by atoms with E-state index in [2.05, 4.69) is 16.0 Å². The molecule has 27 heavy (non-hydrogen) atoms. The molecule has 0 aliphatic heterocycles. The van der Waals surface area contributed by atoms with E-state index in [0.29, 0.717) is 6.42 Å². The van der Waals surface area contributed by atoms with Crippen LogP contribution in [-0.2, 0) is 19.2 Å². The van der Waals surface area contributed by atoms with Gasteiger partial charge in [-0.3, -0.25) is 19.2 Å². The summed E-state index contributed by atoms with van der Waals surface area (Å²) >= 11 is 0. The van der Waals surface area contributed by atoms with Crippen LogP contribution in [0.1, 0.15) is 48.0 Å². The number of hydrogen-bond acceptors (Lipinski definition) is 5. The van der Waals surface area contributed by atoms with Gasteiger partial charge in [0.25, 0.3) is 0 Å². The number of aliphatic carboxylic acids is 1. The summed E-state index contributed by atoms with van der Waals surface area (Å²) in [4.78, 5) is 47.7. The first-order valence-electron chi connectivity index (χ1n) is 9.22. The number of nitrogens with one attached hydrogen (secondary N) is 3. The smallest absolute Gasteiger partial charge is 0.322 e. The van der Waals surface area contributed by atoms with Crippen molar-refractivity contribution >= 4 is 23.7 Å². The molecular weight excluding hydrogens is 352 g/mol. The predicted molar refractivity (Wildman–Crippen MR) is 102 cm³/mol. The van der Waals surface area contributed by atoms with E-state index in [-0.39, 0.29) is 17.8 Å². The van der Waals surface area contributed by atoms with Gasteiger partial charge in [-0.15, -0.1) is 0 Å². The van der Waals surface area contributed by atoms with Crippen molar-refractivity contribution in [1.82, 2.24) is 16.0 Å². The Labute approximate surface area is 160 Å². The van der Waals surface area contributed by atoms with Crippen LogP contribution >= 0.6 is 0 Å². The van der Waals surface area contributed by atoms with E-state index in [1.807, 2.05) is 13.8 Å². The van der Waals surface area contributed by atoms with Gasteiger partial charge in [-0.25, -0.2) is 0 Å². The third-order valence-electron chi connectivity index (χ3n) is 3.97. The molecule has 9 nitrogen and oxygen atoms in total. The quantitative estimate of drug-likeness (QED) is 0.333. The number of carboxylic acid groups (broad SMARTS) is 1. The van der Waals surface area contributed by atoms with Gasteiger partial charge in [0, 0.05) is 0 Å². The third kappa shape index (κ3) is 9.37. The minimum Gasteiger partial charge on any atom is -0.480 e. The molecule has 3 unspecified atom stereocenters. The van der Waals surface area contributed by atoms with E-state index in [4.69, 9.17) is 10.8 Å². The second kappa shape index (κ2) is 11.5. The zero-order chi connectivity index (χ0) is 21.3. The molecule has 3 amide bonds. The summed E-state index contributed by atoms with van der Waals surface area (Å²) in [6.45, 7) is 10.4. The molecule has 0 fully saturated rings. The Balaban J connectivity index is 5.09. The van der Waals surface area contributed by atoms with Gasteiger partial charge in [0.05, 0.1) is 6.04 Å². The van der Waals surface area contributed by atoms with Crippen molar-refractivity contribution in [1.29, 1.82) is 0 Å². The van der Waals surface area contributed by atoms with Crippen LogP contribution in [0.4, 0.5) is 0 Å². The highest BCUT2D eigenvalue weighted by Gasteiger charge is 2.31. The summed E-state index contributed by atoms with van der Waals surface area (Å²) < 4.78 is 0. The summed E-state index contributed by atoms with van der Waals surface area (Å²) in [7, 11) is 0. The fourth-order valence-corrected chi connectivity index (χ4v) is 2.46. The fourth-order valence-electron chi connectivity index (χ4n) is 2.46. The van der Waals surface area contributed by atoms with Crippen LogP contribution in [0, 0.1) is 17.8 Å². The van der Waals surface area contributed by atoms with E-state index >= 15 is 0 Å². The van der Waals surface area contributed by atoms with Crippen molar-refractivity contribution in [3.05, 3.63) is 0 Å². The second-order valence-electron chi connectivity index (χ2n) is 7.81. The molecule has 9 heteroatoms. The summed E-state index contributed by atoms with van der Waals surface area (Å²) in [6.07, 6.45) is 0.491. The molecule has 0 rings (SSSR count). The van der Waals surface area contributed by atoms with Gasteiger partial charge in [-0.05, 0) is 24.2 Å². The maximum absolute atomic E-state index is 12.7. The fraction of sp³-hybridized carbons (Fsp3) is 0.778.